The SMILES string of the molecule is O=C(OCc1ccccc1)c1ccc(OCc2ccc(COc3ccc(C(=O)OCc4ccccc4)cc3)cc2)cc1. The van der Waals surface area contributed by atoms with Crippen molar-refractivity contribution in [1.82, 2.24) is 0 Å². The number of esters is 2. The summed E-state index contributed by atoms with van der Waals surface area (Å²) >= 11 is 0. The minimum Gasteiger partial charge on any atom is -0.489 e. The molecule has 6 heteroatoms. The summed E-state index contributed by atoms with van der Waals surface area (Å²) in [5.41, 5.74) is 4.83. The van der Waals surface area contributed by atoms with Crippen molar-refractivity contribution >= 4 is 11.9 Å². The Bertz CT molecular complexity index is 1440. The molecule has 0 aliphatic heterocycles. The minimum absolute atomic E-state index is 0.233. The third-order valence-electron chi connectivity index (χ3n) is 6.44. The van der Waals surface area contributed by atoms with E-state index < -0.39 is 0 Å². The highest BCUT2D eigenvalue weighted by Gasteiger charge is 2.09. The average Bonchev–Trinajstić information content (AvgIpc) is 3.06. The molecule has 0 amide bonds. The zero-order valence-electron chi connectivity index (χ0n) is 23.0. The lowest BCUT2D eigenvalue weighted by molar-refractivity contribution is 0.0464. The second-order valence-corrected chi connectivity index (χ2v) is 9.57. The Kier molecular flexibility index (Phi) is 9.61. The first-order chi connectivity index (χ1) is 20.6. The molecule has 0 atom stereocenters. The minimum atomic E-state index is -0.375. The first-order valence-corrected chi connectivity index (χ1v) is 13.6. The van der Waals surface area contributed by atoms with Crippen LogP contribution in [0.25, 0.3) is 0 Å². The third kappa shape index (κ3) is 8.32. The van der Waals surface area contributed by atoms with Gasteiger partial charge in [0.15, 0.2) is 0 Å². The number of carbonyl (C=O) groups excluding carboxylic acids is 2. The molecule has 5 aromatic carbocycles. The Morgan fingerprint density at radius 1 is 0.381 bits per heavy atom. The Labute approximate surface area is 245 Å². The van der Waals surface area contributed by atoms with E-state index >= 15 is 0 Å². The van der Waals surface area contributed by atoms with Gasteiger partial charge in [-0.25, -0.2) is 9.59 Å². The molecule has 0 aliphatic carbocycles. The largest absolute Gasteiger partial charge is 0.489 e. The summed E-state index contributed by atoms with van der Waals surface area (Å²) in [6.07, 6.45) is 0. The van der Waals surface area contributed by atoms with Gasteiger partial charge in [0.05, 0.1) is 11.1 Å². The van der Waals surface area contributed by atoms with Crippen LogP contribution in [-0.2, 0) is 35.9 Å². The molecule has 0 unspecified atom stereocenters. The van der Waals surface area contributed by atoms with E-state index in [2.05, 4.69) is 0 Å². The predicted octanol–water partition coefficient (Wildman–Crippen LogP) is 7.56. The van der Waals surface area contributed by atoms with E-state index in [4.69, 9.17) is 18.9 Å². The van der Waals surface area contributed by atoms with Gasteiger partial charge in [0.1, 0.15) is 37.9 Å². The normalized spacial score (nSPS) is 10.5. The monoisotopic (exact) mass is 558 g/mol. The van der Waals surface area contributed by atoms with Crippen LogP contribution >= 0.6 is 0 Å². The van der Waals surface area contributed by atoms with E-state index in [0.29, 0.717) is 35.8 Å². The molecule has 5 aromatic rings. The van der Waals surface area contributed by atoms with Crippen molar-refractivity contribution in [2.45, 2.75) is 26.4 Å². The van der Waals surface area contributed by atoms with Crippen LogP contribution in [0, 0.1) is 0 Å². The van der Waals surface area contributed by atoms with Crippen LogP contribution < -0.4 is 9.47 Å². The maximum Gasteiger partial charge on any atom is 0.338 e. The first kappa shape index (κ1) is 28.2. The molecule has 0 saturated carbocycles. The molecule has 0 N–H and O–H groups in total. The number of benzene rings is 5. The van der Waals surface area contributed by atoms with Crippen molar-refractivity contribution < 1.29 is 28.5 Å². The Balaban J connectivity index is 1.03. The molecule has 0 spiro atoms. The Hall–Kier alpha value is -5.36. The van der Waals surface area contributed by atoms with Crippen LogP contribution in [0.1, 0.15) is 43.0 Å². The highest BCUT2D eigenvalue weighted by atomic mass is 16.5. The molecule has 0 radical (unpaired) electrons. The van der Waals surface area contributed by atoms with E-state index in [1.807, 2.05) is 84.9 Å². The highest BCUT2D eigenvalue weighted by molar-refractivity contribution is 5.90. The van der Waals surface area contributed by atoms with Crippen molar-refractivity contribution in [1.29, 1.82) is 0 Å². The molecule has 42 heavy (non-hydrogen) atoms. The lowest BCUT2D eigenvalue weighted by Crippen LogP contribution is -2.05. The van der Waals surface area contributed by atoms with E-state index in [9.17, 15) is 9.59 Å². The van der Waals surface area contributed by atoms with Crippen LogP contribution in [0.4, 0.5) is 0 Å². The smallest absolute Gasteiger partial charge is 0.338 e. The third-order valence-corrected chi connectivity index (χ3v) is 6.44. The van der Waals surface area contributed by atoms with Crippen LogP contribution in [0.5, 0.6) is 11.5 Å². The van der Waals surface area contributed by atoms with Crippen LogP contribution in [0.2, 0.25) is 0 Å². The molecule has 0 heterocycles. The Morgan fingerprint density at radius 2 is 0.714 bits per heavy atom. The van der Waals surface area contributed by atoms with Gasteiger partial charge in [-0.05, 0) is 70.8 Å². The fourth-order valence-electron chi connectivity index (χ4n) is 4.05. The van der Waals surface area contributed by atoms with Gasteiger partial charge in [-0.15, -0.1) is 0 Å². The van der Waals surface area contributed by atoms with Crippen LogP contribution in [-0.4, -0.2) is 11.9 Å². The topological polar surface area (TPSA) is 71.1 Å². The van der Waals surface area contributed by atoms with Gasteiger partial charge >= 0.3 is 11.9 Å². The molecule has 0 aromatic heterocycles. The number of hydrogen-bond donors (Lipinski definition) is 0. The summed E-state index contributed by atoms with van der Waals surface area (Å²) in [6.45, 7) is 1.25. The van der Waals surface area contributed by atoms with Gasteiger partial charge in [0.25, 0.3) is 0 Å². The van der Waals surface area contributed by atoms with Crippen molar-refractivity contribution in [3.05, 3.63) is 167 Å². The quantitative estimate of drug-likeness (QED) is 0.147. The second-order valence-electron chi connectivity index (χ2n) is 9.57. The van der Waals surface area contributed by atoms with Gasteiger partial charge in [0.2, 0.25) is 0 Å². The van der Waals surface area contributed by atoms with E-state index in [0.717, 1.165) is 22.3 Å². The molecular formula is C36H30O6. The van der Waals surface area contributed by atoms with Crippen LogP contribution in [0.3, 0.4) is 0 Å². The zero-order chi connectivity index (χ0) is 29.0. The molecule has 5 rings (SSSR count). The van der Waals surface area contributed by atoms with Crippen LogP contribution in [0.15, 0.2) is 133 Å². The number of hydrogen-bond acceptors (Lipinski definition) is 6. The predicted molar refractivity (Wildman–Crippen MR) is 159 cm³/mol. The second kappa shape index (κ2) is 14.3. The zero-order valence-corrected chi connectivity index (χ0v) is 23.0. The molecule has 0 saturated heterocycles. The molecular weight excluding hydrogens is 528 g/mol. The summed E-state index contributed by atoms with van der Waals surface area (Å²) in [5, 5.41) is 0. The fourth-order valence-corrected chi connectivity index (χ4v) is 4.05. The fraction of sp³-hybridized carbons (Fsp3) is 0.111. The molecule has 0 bridgehead atoms. The molecule has 210 valence electrons. The first-order valence-electron chi connectivity index (χ1n) is 13.6. The van der Waals surface area contributed by atoms with Gasteiger partial charge in [0, 0.05) is 0 Å². The van der Waals surface area contributed by atoms with Crippen molar-refractivity contribution in [3.63, 3.8) is 0 Å². The van der Waals surface area contributed by atoms with Gasteiger partial charge in [-0.3, -0.25) is 0 Å². The lowest BCUT2D eigenvalue weighted by atomic mass is 10.1. The Morgan fingerprint density at radius 3 is 1.07 bits per heavy atom. The van der Waals surface area contributed by atoms with Gasteiger partial charge < -0.3 is 18.9 Å². The van der Waals surface area contributed by atoms with E-state index in [1.54, 1.807) is 48.5 Å². The van der Waals surface area contributed by atoms with Crippen molar-refractivity contribution in [3.8, 4) is 11.5 Å². The van der Waals surface area contributed by atoms with Gasteiger partial charge in [-0.2, -0.15) is 0 Å². The van der Waals surface area contributed by atoms with Crippen molar-refractivity contribution in [2.24, 2.45) is 0 Å². The van der Waals surface area contributed by atoms with E-state index in [1.165, 1.54) is 0 Å². The standard InChI is InChI=1S/C36H30O6/c37-35(41-25-27-7-3-1-4-8-27)31-15-19-33(20-16-31)39-23-29-11-13-30(14-12-29)24-40-34-21-17-32(18-22-34)36(38)42-26-28-9-5-2-6-10-28/h1-22H,23-26H2. The molecule has 6 nitrogen and oxygen atoms in total. The maximum atomic E-state index is 12.3. The summed E-state index contributed by atoms with van der Waals surface area (Å²) in [7, 11) is 0. The number of carbonyl (C=O) groups is 2. The lowest BCUT2D eigenvalue weighted by Gasteiger charge is -2.10. The van der Waals surface area contributed by atoms with Gasteiger partial charge in [-0.1, -0.05) is 84.9 Å². The molecule has 0 fully saturated rings. The average molecular weight is 559 g/mol. The summed E-state index contributed by atoms with van der Waals surface area (Å²) in [5.74, 6) is 0.574. The summed E-state index contributed by atoms with van der Waals surface area (Å²) in [6, 6.07) is 40.9. The highest BCUT2D eigenvalue weighted by Crippen LogP contribution is 2.18. The number of rotatable bonds is 12. The number of ether oxygens (including phenoxy) is 4. The molecule has 0 aliphatic rings. The summed E-state index contributed by atoms with van der Waals surface area (Å²) in [4.78, 5) is 24.6. The maximum absolute atomic E-state index is 12.3. The summed E-state index contributed by atoms with van der Waals surface area (Å²) < 4.78 is 22.5. The van der Waals surface area contributed by atoms with E-state index in [-0.39, 0.29) is 25.2 Å². The van der Waals surface area contributed by atoms with Crippen molar-refractivity contribution in [2.75, 3.05) is 0 Å².